The Bertz CT molecular complexity index is 1070. The van der Waals surface area contributed by atoms with E-state index in [-0.39, 0.29) is 10.6 Å². The quantitative estimate of drug-likeness (QED) is 0.394. The van der Waals surface area contributed by atoms with Gasteiger partial charge in [0.15, 0.2) is 11.5 Å². The van der Waals surface area contributed by atoms with E-state index in [2.05, 4.69) is 5.32 Å². The molecule has 156 valence electrons. The molecule has 0 fully saturated rings. The predicted molar refractivity (Wildman–Crippen MR) is 120 cm³/mol. The number of aromatic carboxylic acids is 1. The Morgan fingerprint density at radius 2 is 1.67 bits per heavy atom. The van der Waals surface area contributed by atoms with Crippen molar-refractivity contribution < 1.29 is 19.4 Å². The summed E-state index contributed by atoms with van der Waals surface area (Å²) in [4.78, 5) is 11.0. The fraction of sp³-hybridized carbons (Fsp3) is 0.136. The molecule has 0 amide bonds. The first-order valence-corrected chi connectivity index (χ1v) is 10.0. The molecule has 0 saturated heterocycles. The normalized spacial score (nSPS) is 10.5. The fourth-order valence-electron chi connectivity index (χ4n) is 2.73. The molecule has 3 aromatic rings. The number of carboxylic acids is 1. The lowest BCUT2D eigenvalue weighted by Crippen LogP contribution is -2.03. The summed E-state index contributed by atoms with van der Waals surface area (Å²) < 4.78 is 11.3. The van der Waals surface area contributed by atoms with Crippen LogP contribution in [0.15, 0.2) is 54.6 Å². The van der Waals surface area contributed by atoms with E-state index in [4.69, 9.17) is 49.4 Å². The van der Waals surface area contributed by atoms with Gasteiger partial charge in [-0.05, 0) is 53.6 Å². The Morgan fingerprint density at radius 3 is 2.33 bits per heavy atom. The van der Waals surface area contributed by atoms with Crippen molar-refractivity contribution in [1.29, 1.82) is 0 Å². The lowest BCUT2D eigenvalue weighted by molar-refractivity contribution is 0.0697. The Kier molecular flexibility index (Phi) is 7.32. The van der Waals surface area contributed by atoms with Gasteiger partial charge in [-0.15, -0.1) is 0 Å². The molecule has 0 spiro atoms. The number of carbonyl (C=O) groups is 1. The molecule has 0 aliphatic heterocycles. The van der Waals surface area contributed by atoms with Gasteiger partial charge in [0.25, 0.3) is 0 Å². The van der Waals surface area contributed by atoms with Crippen LogP contribution < -0.4 is 14.8 Å². The van der Waals surface area contributed by atoms with Crippen molar-refractivity contribution in [3.8, 4) is 11.5 Å². The smallest absolute Gasteiger partial charge is 0.337 e. The number of carboxylic acid groups (broad SMARTS) is 1. The second-order valence-corrected chi connectivity index (χ2v) is 7.60. The van der Waals surface area contributed by atoms with Gasteiger partial charge in [-0.25, -0.2) is 4.79 Å². The third-order valence-corrected chi connectivity index (χ3v) is 5.35. The number of rotatable bonds is 8. The van der Waals surface area contributed by atoms with E-state index in [0.717, 1.165) is 11.1 Å². The number of hydrogen-bond donors (Lipinski definition) is 2. The average molecular weight is 467 g/mol. The summed E-state index contributed by atoms with van der Waals surface area (Å²) in [6.45, 7) is 0.811. The van der Waals surface area contributed by atoms with Crippen molar-refractivity contribution in [3.63, 3.8) is 0 Å². The van der Waals surface area contributed by atoms with E-state index in [1.54, 1.807) is 31.4 Å². The zero-order chi connectivity index (χ0) is 21.7. The van der Waals surface area contributed by atoms with Gasteiger partial charge >= 0.3 is 5.97 Å². The van der Waals surface area contributed by atoms with Gasteiger partial charge in [0.2, 0.25) is 0 Å². The van der Waals surface area contributed by atoms with Gasteiger partial charge in [0, 0.05) is 12.2 Å². The van der Waals surface area contributed by atoms with Crippen LogP contribution in [0, 0.1) is 0 Å². The first kappa shape index (κ1) is 22.1. The van der Waals surface area contributed by atoms with E-state index >= 15 is 0 Å². The van der Waals surface area contributed by atoms with Crippen LogP contribution in [0.4, 0.5) is 5.69 Å². The number of benzene rings is 3. The SMILES string of the molecule is COc1cc(CNc2ccc(C(=O)O)c(Cl)c2)ccc1OCc1ccc(Cl)c(Cl)c1. The van der Waals surface area contributed by atoms with Crippen LogP contribution in [-0.2, 0) is 13.2 Å². The predicted octanol–water partition coefficient (Wildman–Crippen LogP) is 6.54. The molecule has 2 N–H and O–H groups in total. The Balaban J connectivity index is 1.65. The van der Waals surface area contributed by atoms with Crippen molar-refractivity contribution in [2.45, 2.75) is 13.2 Å². The maximum absolute atomic E-state index is 11.0. The van der Waals surface area contributed by atoms with Crippen molar-refractivity contribution in [2.75, 3.05) is 12.4 Å². The van der Waals surface area contributed by atoms with Crippen molar-refractivity contribution >= 4 is 46.5 Å². The highest BCUT2D eigenvalue weighted by molar-refractivity contribution is 6.42. The fourth-order valence-corrected chi connectivity index (χ4v) is 3.32. The standard InChI is InChI=1S/C22H18Cl3NO4/c1-29-21-9-13(11-26-15-4-5-16(22(27)28)18(24)10-15)3-7-20(21)30-12-14-2-6-17(23)19(25)8-14/h2-10,26H,11-12H2,1H3,(H,27,28). The van der Waals surface area contributed by atoms with Gasteiger partial charge in [-0.3, -0.25) is 0 Å². The molecule has 0 aliphatic carbocycles. The molecule has 0 radical (unpaired) electrons. The van der Waals surface area contributed by atoms with E-state index in [9.17, 15) is 4.79 Å². The molecule has 0 unspecified atom stereocenters. The van der Waals surface area contributed by atoms with Gasteiger partial charge in [-0.2, -0.15) is 0 Å². The Hall–Kier alpha value is -2.60. The van der Waals surface area contributed by atoms with Crippen LogP contribution in [0.25, 0.3) is 0 Å². The Morgan fingerprint density at radius 1 is 0.900 bits per heavy atom. The zero-order valence-corrected chi connectivity index (χ0v) is 18.2. The molecule has 5 nitrogen and oxygen atoms in total. The van der Waals surface area contributed by atoms with Crippen LogP contribution in [0.3, 0.4) is 0 Å². The van der Waals surface area contributed by atoms with Gasteiger partial charge in [0.1, 0.15) is 6.61 Å². The molecular weight excluding hydrogens is 449 g/mol. The number of hydrogen-bond acceptors (Lipinski definition) is 4. The van der Waals surface area contributed by atoms with Crippen LogP contribution >= 0.6 is 34.8 Å². The topological polar surface area (TPSA) is 67.8 Å². The molecule has 30 heavy (non-hydrogen) atoms. The first-order chi connectivity index (χ1) is 14.4. The third kappa shape index (κ3) is 5.51. The lowest BCUT2D eigenvalue weighted by Gasteiger charge is -2.14. The zero-order valence-electron chi connectivity index (χ0n) is 15.9. The number of nitrogens with one attached hydrogen (secondary N) is 1. The van der Waals surface area contributed by atoms with E-state index in [1.807, 2.05) is 24.3 Å². The molecule has 0 atom stereocenters. The molecule has 0 heterocycles. The second kappa shape index (κ2) is 9.94. The van der Waals surface area contributed by atoms with Crippen LogP contribution in [0.2, 0.25) is 15.1 Å². The monoisotopic (exact) mass is 465 g/mol. The molecular formula is C22H18Cl3NO4. The van der Waals surface area contributed by atoms with Crippen molar-refractivity contribution in [2.24, 2.45) is 0 Å². The summed E-state index contributed by atoms with van der Waals surface area (Å²) in [6.07, 6.45) is 0. The van der Waals surface area contributed by atoms with Crippen LogP contribution in [-0.4, -0.2) is 18.2 Å². The van der Waals surface area contributed by atoms with Crippen molar-refractivity contribution in [3.05, 3.63) is 86.4 Å². The molecule has 0 aliphatic rings. The lowest BCUT2D eigenvalue weighted by atomic mass is 10.1. The first-order valence-electron chi connectivity index (χ1n) is 8.87. The third-order valence-electron chi connectivity index (χ3n) is 4.30. The Labute approximate surface area is 189 Å². The number of anilines is 1. The van der Waals surface area contributed by atoms with E-state index in [1.165, 1.54) is 6.07 Å². The maximum atomic E-state index is 11.0. The number of ether oxygens (including phenoxy) is 2. The largest absolute Gasteiger partial charge is 0.493 e. The summed E-state index contributed by atoms with van der Waals surface area (Å²) in [5.41, 5.74) is 2.61. The highest BCUT2D eigenvalue weighted by Crippen LogP contribution is 2.30. The molecule has 0 saturated carbocycles. The maximum Gasteiger partial charge on any atom is 0.337 e. The number of halogens is 3. The molecule has 3 rings (SSSR count). The summed E-state index contributed by atoms with van der Waals surface area (Å²) >= 11 is 18.0. The number of methoxy groups -OCH3 is 1. The highest BCUT2D eigenvalue weighted by atomic mass is 35.5. The summed E-state index contributed by atoms with van der Waals surface area (Å²) in [5.74, 6) is 0.127. The second-order valence-electron chi connectivity index (χ2n) is 6.38. The van der Waals surface area contributed by atoms with E-state index < -0.39 is 5.97 Å². The minimum atomic E-state index is -1.06. The van der Waals surface area contributed by atoms with Crippen molar-refractivity contribution in [1.82, 2.24) is 0 Å². The highest BCUT2D eigenvalue weighted by Gasteiger charge is 2.10. The van der Waals surface area contributed by atoms with Gasteiger partial charge in [0.05, 0.1) is 27.7 Å². The molecule has 0 aromatic heterocycles. The van der Waals surface area contributed by atoms with E-state index in [0.29, 0.717) is 40.4 Å². The minimum absolute atomic E-state index is 0.0624. The summed E-state index contributed by atoms with van der Waals surface area (Å²) in [7, 11) is 1.57. The van der Waals surface area contributed by atoms with Crippen LogP contribution in [0.1, 0.15) is 21.5 Å². The van der Waals surface area contributed by atoms with Gasteiger partial charge in [-0.1, -0.05) is 46.9 Å². The summed E-state index contributed by atoms with van der Waals surface area (Å²) in [6, 6.07) is 15.6. The molecule has 8 heteroatoms. The molecule has 3 aromatic carbocycles. The summed E-state index contributed by atoms with van der Waals surface area (Å²) in [5, 5.41) is 13.4. The van der Waals surface area contributed by atoms with Crippen LogP contribution in [0.5, 0.6) is 11.5 Å². The van der Waals surface area contributed by atoms with Gasteiger partial charge < -0.3 is 19.9 Å². The minimum Gasteiger partial charge on any atom is -0.493 e. The molecule has 0 bridgehead atoms. The average Bonchev–Trinajstić information content (AvgIpc) is 2.73.